The summed E-state index contributed by atoms with van der Waals surface area (Å²) in [5, 5.41) is 9.34. The fourth-order valence-electron chi connectivity index (χ4n) is 5.53. The Morgan fingerprint density at radius 1 is 1.09 bits per heavy atom. The third-order valence-corrected chi connectivity index (χ3v) is 7.55. The number of amides is 1. The zero-order chi connectivity index (χ0) is 22.9. The topological polar surface area (TPSA) is 70.4 Å². The maximum absolute atomic E-state index is 12.9. The Hall–Kier alpha value is -2.78. The smallest absolute Gasteiger partial charge is 0.339 e. The summed E-state index contributed by atoms with van der Waals surface area (Å²) < 4.78 is 5.46. The van der Waals surface area contributed by atoms with Crippen LogP contribution in [0.2, 0.25) is 0 Å². The molecule has 1 aliphatic heterocycles. The number of benzene rings is 2. The summed E-state index contributed by atoms with van der Waals surface area (Å²) in [6.45, 7) is 7.27. The Morgan fingerprint density at radius 2 is 1.78 bits per heavy atom. The monoisotopic (exact) mass is 448 g/mol. The lowest BCUT2D eigenvalue weighted by Crippen LogP contribution is -2.39. The molecule has 166 valence electrons. The van der Waals surface area contributed by atoms with Crippen molar-refractivity contribution in [2.24, 2.45) is 10.8 Å². The molecule has 1 saturated heterocycles. The van der Waals surface area contributed by atoms with Crippen molar-refractivity contribution in [2.45, 2.75) is 55.9 Å². The number of carbonyl (C=O) groups excluding carboxylic acids is 2. The van der Waals surface area contributed by atoms with Gasteiger partial charge in [-0.2, -0.15) is 5.26 Å². The minimum atomic E-state index is -0.524. The van der Waals surface area contributed by atoms with Gasteiger partial charge in [-0.05, 0) is 54.4 Å². The summed E-state index contributed by atoms with van der Waals surface area (Å²) in [5.41, 5.74) is 1.31. The number of rotatable bonds is 5. The number of nitrogens with zero attached hydrogens (tertiary/aromatic N) is 2. The molecule has 2 atom stereocenters. The Kier molecular flexibility index (Phi) is 6.05. The van der Waals surface area contributed by atoms with Crippen LogP contribution in [0.25, 0.3) is 0 Å². The second-order valence-corrected chi connectivity index (χ2v) is 11.1. The predicted molar refractivity (Wildman–Crippen MR) is 123 cm³/mol. The van der Waals surface area contributed by atoms with Gasteiger partial charge >= 0.3 is 5.97 Å². The van der Waals surface area contributed by atoms with Gasteiger partial charge in [0.25, 0.3) is 5.91 Å². The van der Waals surface area contributed by atoms with Crippen LogP contribution >= 0.6 is 11.8 Å². The van der Waals surface area contributed by atoms with Gasteiger partial charge in [0.1, 0.15) is 6.07 Å². The Labute approximate surface area is 193 Å². The summed E-state index contributed by atoms with van der Waals surface area (Å²) in [6.07, 6.45) is 3.11. The molecular weight excluding hydrogens is 420 g/mol. The number of nitriles is 1. The van der Waals surface area contributed by atoms with E-state index in [1.807, 2.05) is 35.2 Å². The van der Waals surface area contributed by atoms with E-state index < -0.39 is 5.97 Å². The predicted octanol–water partition coefficient (Wildman–Crippen LogP) is 5.29. The Balaban J connectivity index is 1.43. The minimum absolute atomic E-state index is 0.121. The molecule has 2 aromatic carbocycles. The van der Waals surface area contributed by atoms with Gasteiger partial charge < -0.3 is 9.64 Å². The fraction of sp³-hybridized carbons (Fsp3) is 0.423. The molecule has 2 aromatic rings. The van der Waals surface area contributed by atoms with Gasteiger partial charge in [0.05, 0.1) is 11.1 Å². The lowest BCUT2D eigenvalue weighted by Gasteiger charge is -2.39. The van der Waals surface area contributed by atoms with Crippen LogP contribution in [0.3, 0.4) is 0 Å². The van der Waals surface area contributed by atoms with Crippen molar-refractivity contribution in [3.8, 4) is 6.07 Å². The van der Waals surface area contributed by atoms with E-state index in [9.17, 15) is 14.9 Å². The fourth-order valence-corrected chi connectivity index (χ4v) is 6.55. The summed E-state index contributed by atoms with van der Waals surface area (Å²) in [6, 6.07) is 16.8. The molecule has 0 unspecified atom stereocenters. The number of ether oxygens (including phenoxy) is 1. The van der Waals surface area contributed by atoms with Gasteiger partial charge in [-0.3, -0.25) is 4.79 Å². The number of likely N-dealkylation sites (tertiary alicyclic amines) is 1. The van der Waals surface area contributed by atoms with E-state index in [2.05, 4.69) is 26.8 Å². The lowest BCUT2D eigenvalue weighted by molar-refractivity contribution is -0.135. The van der Waals surface area contributed by atoms with E-state index in [4.69, 9.17) is 4.74 Å². The minimum Gasteiger partial charge on any atom is -0.452 e. The highest BCUT2D eigenvalue weighted by Crippen LogP contribution is 2.52. The van der Waals surface area contributed by atoms with Crippen LogP contribution in [-0.2, 0) is 9.53 Å². The van der Waals surface area contributed by atoms with Crippen molar-refractivity contribution in [3.63, 3.8) is 0 Å². The summed E-state index contributed by atoms with van der Waals surface area (Å²) in [4.78, 5) is 29.2. The SMILES string of the molecule is CC1(C)C[C@H]2C[C@@](C)(CN2C(=O)COC(=O)c2ccccc2Sc2ccccc2C#N)C1. The normalized spacial score (nSPS) is 23.4. The van der Waals surface area contributed by atoms with Gasteiger partial charge in [-0.15, -0.1) is 0 Å². The molecule has 0 N–H and O–H groups in total. The van der Waals surface area contributed by atoms with Crippen LogP contribution in [0.1, 0.15) is 56.0 Å². The Morgan fingerprint density at radius 3 is 2.53 bits per heavy atom. The molecule has 1 amide bonds. The van der Waals surface area contributed by atoms with Gasteiger partial charge in [0.2, 0.25) is 0 Å². The van der Waals surface area contributed by atoms with E-state index in [-0.39, 0.29) is 29.4 Å². The van der Waals surface area contributed by atoms with E-state index in [0.29, 0.717) is 16.0 Å². The van der Waals surface area contributed by atoms with E-state index in [0.717, 1.165) is 30.7 Å². The first-order chi connectivity index (χ1) is 15.2. The largest absolute Gasteiger partial charge is 0.452 e. The molecule has 0 aromatic heterocycles. The van der Waals surface area contributed by atoms with Crippen LogP contribution in [0.4, 0.5) is 0 Å². The quantitative estimate of drug-likeness (QED) is 0.581. The molecule has 5 nitrogen and oxygen atoms in total. The highest BCUT2D eigenvalue weighted by Gasteiger charge is 2.50. The molecule has 32 heavy (non-hydrogen) atoms. The number of hydrogen-bond acceptors (Lipinski definition) is 5. The Bertz CT molecular complexity index is 1090. The zero-order valence-corrected chi connectivity index (χ0v) is 19.6. The third-order valence-electron chi connectivity index (χ3n) is 6.40. The second-order valence-electron chi connectivity index (χ2n) is 10.0. The molecule has 1 aliphatic carbocycles. The molecular formula is C26H28N2O3S. The van der Waals surface area contributed by atoms with Crippen molar-refractivity contribution in [1.29, 1.82) is 5.26 Å². The van der Waals surface area contributed by atoms with Crippen LogP contribution in [-0.4, -0.2) is 36.0 Å². The van der Waals surface area contributed by atoms with E-state index >= 15 is 0 Å². The summed E-state index contributed by atoms with van der Waals surface area (Å²) >= 11 is 1.35. The van der Waals surface area contributed by atoms with Crippen molar-refractivity contribution in [1.82, 2.24) is 4.90 Å². The van der Waals surface area contributed by atoms with Crippen LogP contribution in [0.5, 0.6) is 0 Å². The first kappa shape index (κ1) is 22.4. The zero-order valence-electron chi connectivity index (χ0n) is 18.8. The maximum atomic E-state index is 12.9. The van der Waals surface area contributed by atoms with Crippen molar-refractivity contribution in [3.05, 3.63) is 59.7 Å². The first-order valence-electron chi connectivity index (χ1n) is 10.9. The molecule has 6 heteroatoms. The van der Waals surface area contributed by atoms with E-state index in [1.54, 1.807) is 18.2 Å². The maximum Gasteiger partial charge on any atom is 0.339 e. The highest BCUT2D eigenvalue weighted by molar-refractivity contribution is 7.99. The first-order valence-corrected chi connectivity index (χ1v) is 11.7. The second kappa shape index (κ2) is 8.63. The van der Waals surface area contributed by atoms with Crippen LogP contribution < -0.4 is 0 Å². The number of fused-ring (bicyclic) bond motifs is 2. The molecule has 2 fully saturated rings. The molecule has 0 radical (unpaired) electrons. The van der Waals surface area contributed by atoms with Crippen molar-refractivity contribution in [2.75, 3.05) is 13.2 Å². The highest BCUT2D eigenvalue weighted by atomic mass is 32.2. The van der Waals surface area contributed by atoms with Gasteiger partial charge in [0, 0.05) is 22.4 Å². The molecule has 1 heterocycles. The molecule has 2 aliphatic rings. The average molecular weight is 449 g/mol. The number of carbonyl (C=O) groups is 2. The third kappa shape index (κ3) is 4.68. The van der Waals surface area contributed by atoms with Crippen LogP contribution in [0.15, 0.2) is 58.3 Å². The van der Waals surface area contributed by atoms with Crippen LogP contribution in [0, 0.1) is 22.2 Å². The molecule has 2 bridgehead atoms. The lowest BCUT2D eigenvalue weighted by atomic mass is 9.65. The molecule has 1 saturated carbocycles. The van der Waals surface area contributed by atoms with Crippen molar-refractivity contribution >= 4 is 23.6 Å². The van der Waals surface area contributed by atoms with Gasteiger partial charge in [-0.1, -0.05) is 56.8 Å². The van der Waals surface area contributed by atoms with E-state index in [1.165, 1.54) is 11.8 Å². The van der Waals surface area contributed by atoms with Gasteiger partial charge in [-0.25, -0.2) is 4.79 Å². The van der Waals surface area contributed by atoms with Gasteiger partial charge in [0.15, 0.2) is 6.61 Å². The number of hydrogen-bond donors (Lipinski definition) is 0. The average Bonchev–Trinajstić information content (AvgIpc) is 3.01. The molecule has 4 rings (SSSR count). The standard InChI is InChI=1S/C26H28N2O3S/c1-25(2)12-19-13-26(3,16-25)17-28(19)23(29)15-31-24(30)20-9-5-7-11-22(20)32-21-10-6-4-8-18(21)14-27/h4-11,19H,12-13,15-17H2,1-3H3/t19-,26+/m0/s1. The van der Waals surface area contributed by atoms with Crippen molar-refractivity contribution < 1.29 is 14.3 Å². The molecule has 0 spiro atoms. The summed E-state index contributed by atoms with van der Waals surface area (Å²) in [5.74, 6) is -0.644. The number of esters is 1. The summed E-state index contributed by atoms with van der Waals surface area (Å²) in [7, 11) is 0.